The fourth-order valence-electron chi connectivity index (χ4n) is 3.40. The summed E-state index contributed by atoms with van der Waals surface area (Å²) < 4.78 is 17.2. The maximum absolute atomic E-state index is 13.0. The summed E-state index contributed by atoms with van der Waals surface area (Å²) in [5.74, 6) is 0.744. The average Bonchev–Trinajstić information content (AvgIpc) is 3.29. The summed E-state index contributed by atoms with van der Waals surface area (Å²) in [5.41, 5.74) is 0.747. The predicted octanol–water partition coefficient (Wildman–Crippen LogP) is 1.15. The standard InChI is InChI=1S/C20H27N5O5/c1-28-11-8-21-19(26)17-13-25(23-22-17)14-6-9-24(10-7-14)20(27)16-12-15(29-2)4-5-18(16)30-3/h4-5,12-14H,6-11H2,1-3H3,(H,21,26). The summed E-state index contributed by atoms with van der Waals surface area (Å²) in [6, 6.07) is 5.26. The number of hydrogen-bond donors (Lipinski definition) is 1. The number of likely N-dealkylation sites (tertiary alicyclic amines) is 1. The molecule has 0 radical (unpaired) electrons. The molecule has 1 aliphatic rings. The lowest BCUT2D eigenvalue weighted by Gasteiger charge is -2.32. The van der Waals surface area contributed by atoms with Gasteiger partial charge in [0.15, 0.2) is 5.69 Å². The summed E-state index contributed by atoms with van der Waals surface area (Å²) in [5, 5.41) is 10.8. The molecule has 1 aliphatic heterocycles. The third-order valence-corrected chi connectivity index (χ3v) is 5.10. The molecule has 0 atom stereocenters. The van der Waals surface area contributed by atoms with Gasteiger partial charge in [0.05, 0.1) is 38.6 Å². The van der Waals surface area contributed by atoms with Crippen LogP contribution in [0.15, 0.2) is 24.4 Å². The van der Waals surface area contributed by atoms with E-state index in [9.17, 15) is 9.59 Å². The second-order valence-corrected chi connectivity index (χ2v) is 6.92. The number of nitrogens with one attached hydrogen (secondary N) is 1. The van der Waals surface area contributed by atoms with E-state index >= 15 is 0 Å². The molecule has 2 heterocycles. The van der Waals surface area contributed by atoms with Gasteiger partial charge >= 0.3 is 0 Å². The van der Waals surface area contributed by atoms with Crippen molar-refractivity contribution in [1.29, 1.82) is 0 Å². The Morgan fingerprint density at radius 2 is 1.93 bits per heavy atom. The van der Waals surface area contributed by atoms with Gasteiger partial charge in [-0.05, 0) is 31.0 Å². The normalized spacial score (nSPS) is 14.4. The first-order valence-corrected chi connectivity index (χ1v) is 9.77. The highest BCUT2D eigenvalue weighted by Gasteiger charge is 2.27. The molecule has 1 N–H and O–H groups in total. The number of aromatic nitrogens is 3. The van der Waals surface area contributed by atoms with E-state index in [0.717, 1.165) is 0 Å². The van der Waals surface area contributed by atoms with Gasteiger partial charge in [0.1, 0.15) is 11.5 Å². The first-order valence-electron chi connectivity index (χ1n) is 9.77. The van der Waals surface area contributed by atoms with Crippen molar-refractivity contribution >= 4 is 11.8 Å². The van der Waals surface area contributed by atoms with Crippen LogP contribution in [0.4, 0.5) is 0 Å². The Labute approximate surface area is 175 Å². The highest BCUT2D eigenvalue weighted by Crippen LogP contribution is 2.28. The van der Waals surface area contributed by atoms with E-state index in [1.54, 1.807) is 55.3 Å². The van der Waals surface area contributed by atoms with Crippen LogP contribution in [0, 0.1) is 0 Å². The lowest BCUT2D eigenvalue weighted by molar-refractivity contribution is 0.0685. The first-order chi connectivity index (χ1) is 14.6. The van der Waals surface area contributed by atoms with Crippen LogP contribution in [0.25, 0.3) is 0 Å². The minimum atomic E-state index is -0.281. The topological polar surface area (TPSA) is 108 Å². The Bertz CT molecular complexity index is 876. The zero-order valence-corrected chi connectivity index (χ0v) is 17.5. The molecule has 0 unspecified atom stereocenters. The quantitative estimate of drug-likeness (QED) is 0.642. The Hall–Kier alpha value is -3.14. The smallest absolute Gasteiger partial charge is 0.273 e. The average molecular weight is 417 g/mol. The molecule has 10 nitrogen and oxygen atoms in total. The number of ether oxygens (including phenoxy) is 3. The number of hydrogen-bond acceptors (Lipinski definition) is 7. The SMILES string of the molecule is COCCNC(=O)c1cn(C2CCN(C(=O)c3cc(OC)ccc3OC)CC2)nn1. The Balaban J connectivity index is 1.60. The molecule has 2 amide bonds. The maximum Gasteiger partial charge on any atom is 0.273 e. The van der Waals surface area contributed by atoms with Crippen LogP contribution in [0.2, 0.25) is 0 Å². The van der Waals surface area contributed by atoms with E-state index in [1.807, 2.05) is 0 Å². The molecule has 1 aromatic carbocycles. The zero-order chi connectivity index (χ0) is 21.5. The number of carbonyl (C=O) groups excluding carboxylic acids is 2. The lowest BCUT2D eigenvalue weighted by Crippen LogP contribution is -2.39. The molecular formula is C20H27N5O5. The molecule has 3 rings (SSSR count). The fraction of sp³-hybridized carbons (Fsp3) is 0.500. The van der Waals surface area contributed by atoms with Crippen LogP contribution < -0.4 is 14.8 Å². The number of nitrogens with zero attached hydrogens (tertiary/aromatic N) is 4. The van der Waals surface area contributed by atoms with Gasteiger partial charge in [0.25, 0.3) is 11.8 Å². The third kappa shape index (κ3) is 4.88. The predicted molar refractivity (Wildman–Crippen MR) is 108 cm³/mol. The van der Waals surface area contributed by atoms with Gasteiger partial charge in [-0.3, -0.25) is 9.59 Å². The van der Waals surface area contributed by atoms with Gasteiger partial charge in [0.2, 0.25) is 0 Å². The molecule has 0 spiro atoms. The van der Waals surface area contributed by atoms with Crippen LogP contribution in [-0.4, -0.2) is 79.3 Å². The van der Waals surface area contributed by atoms with E-state index < -0.39 is 0 Å². The summed E-state index contributed by atoms with van der Waals surface area (Å²) in [6.07, 6.45) is 3.08. The fourth-order valence-corrected chi connectivity index (χ4v) is 3.40. The van der Waals surface area contributed by atoms with Gasteiger partial charge in [-0.15, -0.1) is 5.10 Å². The second kappa shape index (κ2) is 10.1. The lowest BCUT2D eigenvalue weighted by atomic mass is 10.0. The molecule has 2 aromatic rings. The molecule has 1 saturated heterocycles. The van der Waals surface area contributed by atoms with E-state index in [2.05, 4.69) is 15.6 Å². The minimum absolute atomic E-state index is 0.0780. The number of amides is 2. The minimum Gasteiger partial charge on any atom is -0.497 e. The molecule has 10 heteroatoms. The molecule has 30 heavy (non-hydrogen) atoms. The van der Waals surface area contributed by atoms with Crippen LogP contribution in [0.5, 0.6) is 11.5 Å². The summed E-state index contributed by atoms with van der Waals surface area (Å²) in [7, 11) is 4.67. The molecule has 0 aliphatic carbocycles. The first kappa shape index (κ1) is 21.6. The van der Waals surface area contributed by atoms with Gasteiger partial charge in [0, 0.05) is 26.7 Å². The number of piperidine rings is 1. The maximum atomic E-state index is 13.0. The van der Waals surface area contributed by atoms with Crippen molar-refractivity contribution in [2.45, 2.75) is 18.9 Å². The summed E-state index contributed by atoms with van der Waals surface area (Å²) >= 11 is 0. The molecule has 1 aromatic heterocycles. The molecule has 0 saturated carbocycles. The monoisotopic (exact) mass is 417 g/mol. The van der Waals surface area contributed by atoms with Crippen molar-refractivity contribution in [3.63, 3.8) is 0 Å². The van der Waals surface area contributed by atoms with Crippen LogP contribution in [-0.2, 0) is 4.74 Å². The number of benzene rings is 1. The van der Waals surface area contributed by atoms with Crippen molar-refractivity contribution in [2.24, 2.45) is 0 Å². The summed E-state index contributed by atoms with van der Waals surface area (Å²) in [4.78, 5) is 26.9. The Kier molecular flexibility index (Phi) is 7.23. The summed E-state index contributed by atoms with van der Waals surface area (Å²) in [6.45, 7) is 1.99. The van der Waals surface area contributed by atoms with Crippen LogP contribution in [0.1, 0.15) is 39.7 Å². The number of methoxy groups -OCH3 is 3. The van der Waals surface area contributed by atoms with Gasteiger partial charge < -0.3 is 24.4 Å². The van der Waals surface area contributed by atoms with Crippen molar-refractivity contribution in [2.75, 3.05) is 47.6 Å². The molecule has 162 valence electrons. The van der Waals surface area contributed by atoms with E-state index in [4.69, 9.17) is 14.2 Å². The Morgan fingerprint density at radius 1 is 1.17 bits per heavy atom. The largest absolute Gasteiger partial charge is 0.497 e. The van der Waals surface area contributed by atoms with Gasteiger partial charge in [-0.2, -0.15) is 0 Å². The molecule has 0 bridgehead atoms. The van der Waals surface area contributed by atoms with Crippen molar-refractivity contribution in [3.8, 4) is 11.5 Å². The molecule has 1 fully saturated rings. The van der Waals surface area contributed by atoms with Crippen LogP contribution in [0.3, 0.4) is 0 Å². The van der Waals surface area contributed by atoms with E-state index in [0.29, 0.717) is 56.1 Å². The number of rotatable bonds is 8. The number of carbonyl (C=O) groups is 2. The molecular weight excluding hydrogens is 390 g/mol. The van der Waals surface area contributed by atoms with Crippen LogP contribution >= 0.6 is 0 Å². The van der Waals surface area contributed by atoms with E-state index in [1.165, 1.54) is 0 Å². The van der Waals surface area contributed by atoms with Crippen molar-refractivity contribution in [3.05, 3.63) is 35.7 Å². The second-order valence-electron chi connectivity index (χ2n) is 6.92. The van der Waals surface area contributed by atoms with Crippen molar-refractivity contribution in [1.82, 2.24) is 25.2 Å². The third-order valence-electron chi connectivity index (χ3n) is 5.10. The highest BCUT2D eigenvalue weighted by atomic mass is 16.5. The van der Waals surface area contributed by atoms with E-state index in [-0.39, 0.29) is 23.6 Å². The van der Waals surface area contributed by atoms with Gasteiger partial charge in [-0.1, -0.05) is 5.21 Å². The highest BCUT2D eigenvalue weighted by molar-refractivity contribution is 5.97. The Morgan fingerprint density at radius 3 is 2.60 bits per heavy atom. The zero-order valence-electron chi connectivity index (χ0n) is 17.5. The van der Waals surface area contributed by atoms with Gasteiger partial charge in [-0.25, -0.2) is 4.68 Å². The van der Waals surface area contributed by atoms with Crippen molar-refractivity contribution < 1.29 is 23.8 Å².